The zero-order chi connectivity index (χ0) is 22.8. The summed E-state index contributed by atoms with van der Waals surface area (Å²) in [4.78, 5) is 2.60. The van der Waals surface area contributed by atoms with Gasteiger partial charge in [-0.2, -0.15) is 5.10 Å². The Kier molecular flexibility index (Phi) is 6.09. The van der Waals surface area contributed by atoms with Gasteiger partial charge in [0.15, 0.2) is 0 Å². The van der Waals surface area contributed by atoms with Crippen LogP contribution in [0.1, 0.15) is 49.8 Å². The number of rotatable bonds is 6. The third kappa shape index (κ3) is 4.90. The fourth-order valence-electron chi connectivity index (χ4n) is 4.82. The van der Waals surface area contributed by atoms with Crippen LogP contribution in [-0.2, 0) is 12.0 Å². The number of hydrogen-bond acceptors (Lipinski definition) is 4. The zero-order valence-corrected chi connectivity index (χ0v) is 19.7. The van der Waals surface area contributed by atoms with Gasteiger partial charge in [0, 0.05) is 24.9 Å². The molecule has 0 aliphatic carbocycles. The third-order valence-corrected chi connectivity index (χ3v) is 6.89. The summed E-state index contributed by atoms with van der Waals surface area (Å²) in [6.45, 7) is 8.06. The molecule has 3 heterocycles. The van der Waals surface area contributed by atoms with Crippen LogP contribution in [-0.4, -0.2) is 46.0 Å². The Morgan fingerprint density at radius 3 is 2.55 bits per heavy atom. The smallest absolute Gasteiger partial charge is 0.137 e. The second-order valence-corrected chi connectivity index (χ2v) is 9.85. The summed E-state index contributed by atoms with van der Waals surface area (Å²) in [5.41, 5.74) is 5.99. The molecule has 0 atom stereocenters. The second kappa shape index (κ2) is 9.16. The Morgan fingerprint density at radius 2 is 1.79 bits per heavy atom. The topological polar surface area (TPSA) is 53.3 Å². The van der Waals surface area contributed by atoms with Crippen molar-refractivity contribution in [3.05, 3.63) is 71.4 Å². The van der Waals surface area contributed by atoms with Gasteiger partial charge >= 0.3 is 0 Å². The first-order valence-electron chi connectivity index (χ1n) is 12.1. The Morgan fingerprint density at radius 1 is 1.00 bits per heavy atom. The number of anilines is 1. The van der Waals surface area contributed by atoms with E-state index in [1.165, 1.54) is 49.1 Å². The van der Waals surface area contributed by atoms with Crippen molar-refractivity contribution in [2.45, 2.75) is 45.1 Å². The highest BCUT2D eigenvalue weighted by Crippen LogP contribution is 2.34. The molecule has 1 saturated heterocycles. The van der Waals surface area contributed by atoms with Crippen molar-refractivity contribution >= 4 is 17.6 Å². The molecule has 1 fully saturated rings. The number of hydrogen-bond donors (Lipinski definition) is 2. The lowest BCUT2D eigenvalue weighted by atomic mass is 9.95. The van der Waals surface area contributed by atoms with Crippen molar-refractivity contribution in [3.8, 4) is 11.1 Å². The fourth-order valence-corrected chi connectivity index (χ4v) is 4.82. The van der Waals surface area contributed by atoms with E-state index in [2.05, 4.69) is 51.8 Å². The van der Waals surface area contributed by atoms with Gasteiger partial charge in [0.2, 0.25) is 0 Å². The van der Waals surface area contributed by atoms with Crippen LogP contribution in [0, 0.1) is 0 Å². The number of fused-ring (bicyclic) bond motifs is 1. The van der Waals surface area contributed by atoms with Gasteiger partial charge in [-0.15, -0.1) is 0 Å². The Labute approximate surface area is 196 Å². The molecule has 2 aromatic carbocycles. The van der Waals surface area contributed by atoms with E-state index in [-0.39, 0.29) is 0 Å². The van der Waals surface area contributed by atoms with Crippen molar-refractivity contribution < 1.29 is 5.11 Å². The van der Waals surface area contributed by atoms with Crippen LogP contribution in [0.2, 0.25) is 0 Å². The van der Waals surface area contributed by atoms with Crippen molar-refractivity contribution in [2.75, 3.05) is 31.5 Å². The molecule has 5 nitrogen and oxygen atoms in total. The quantitative estimate of drug-likeness (QED) is 0.549. The molecular weight excluding hydrogens is 408 g/mol. The number of benzene rings is 2. The zero-order valence-electron chi connectivity index (χ0n) is 19.7. The molecular formula is C28H34N4O. The molecule has 172 valence electrons. The molecule has 33 heavy (non-hydrogen) atoms. The highest BCUT2D eigenvalue weighted by Gasteiger charge is 2.20. The van der Waals surface area contributed by atoms with Gasteiger partial charge in [0.25, 0.3) is 0 Å². The molecule has 2 aliphatic heterocycles. The maximum atomic E-state index is 10.4. The molecule has 3 aromatic rings. The van der Waals surface area contributed by atoms with E-state index in [1.54, 1.807) is 0 Å². The van der Waals surface area contributed by atoms with Crippen molar-refractivity contribution in [1.82, 2.24) is 14.7 Å². The van der Waals surface area contributed by atoms with Gasteiger partial charge < -0.3 is 15.3 Å². The molecule has 0 radical (unpaired) electrons. The van der Waals surface area contributed by atoms with Crippen LogP contribution in [0.25, 0.3) is 22.9 Å². The number of nitrogens with zero attached hydrogens (tertiary/aromatic N) is 3. The molecule has 2 aliphatic rings. The lowest BCUT2D eigenvalue weighted by Gasteiger charge is -2.26. The molecule has 0 amide bonds. The summed E-state index contributed by atoms with van der Waals surface area (Å²) < 4.78 is 1.93. The summed E-state index contributed by atoms with van der Waals surface area (Å²) in [5, 5.41) is 18.6. The number of aromatic nitrogens is 2. The van der Waals surface area contributed by atoms with Gasteiger partial charge in [-0.1, -0.05) is 48.9 Å². The van der Waals surface area contributed by atoms with Crippen LogP contribution in [0.4, 0.5) is 5.82 Å². The highest BCUT2D eigenvalue weighted by atomic mass is 16.3. The molecule has 5 heteroatoms. The number of piperidine rings is 1. The van der Waals surface area contributed by atoms with E-state index in [0.29, 0.717) is 0 Å². The summed E-state index contributed by atoms with van der Waals surface area (Å²) in [6.07, 6.45) is 9.23. The third-order valence-electron chi connectivity index (χ3n) is 6.89. The summed E-state index contributed by atoms with van der Waals surface area (Å²) >= 11 is 0. The summed E-state index contributed by atoms with van der Waals surface area (Å²) in [7, 11) is 0. The van der Waals surface area contributed by atoms with E-state index < -0.39 is 5.60 Å². The Hall–Kier alpha value is -2.89. The van der Waals surface area contributed by atoms with Crippen molar-refractivity contribution in [3.63, 3.8) is 0 Å². The minimum atomic E-state index is -0.871. The SMILES string of the molecule is CC(C)(O)c1cccc(-c2cnn3c2NCC(c2ccc(CCN4CCCCC4)cc2)=C3)c1. The van der Waals surface area contributed by atoms with E-state index in [9.17, 15) is 5.11 Å². The summed E-state index contributed by atoms with van der Waals surface area (Å²) in [5.74, 6) is 0.991. The van der Waals surface area contributed by atoms with Gasteiger partial charge in [0.05, 0.1) is 11.8 Å². The molecule has 0 bridgehead atoms. The average Bonchev–Trinajstić information content (AvgIpc) is 3.27. The molecule has 2 N–H and O–H groups in total. The van der Waals surface area contributed by atoms with Gasteiger partial charge in [-0.05, 0) is 80.1 Å². The maximum Gasteiger partial charge on any atom is 0.137 e. The monoisotopic (exact) mass is 442 g/mol. The lowest BCUT2D eigenvalue weighted by Crippen LogP contribution is -2.31. The minimum absolute atomic E-state index is 0.761. The first-order chi connectivity index (χ1) is 16.0. The van der Waals surface area contributed by atoms with Gasteiger partial charge in [0.1, 0.15) is 5.82 Å². The first-order valence-corrected chi connectivity index (χ1v) is 12.1. The second-order valence-electron chi connectivity index (χ2n) is 9.85. The Bertz CT molecular complexity index is 1130. The Balaban J connectivity index is 1.31. The molecule has 0 saturated carbocycles. The van der Waals surface area contributed by atoms with E-state index in [0.717, 1.165) is 42.0 Å². The number of aliphatic hydroxyl groups is 1. The van der Waals surface area contributed by atoms with Crippen molar-refractivity contribution in [2.24, 2.45) is 0 Å². The van der Waals surface area contributed by atoms with E-state index >= 15 is 0 Å². The van der Waals surface area contributed by atoms with E-state index in [4.69, 9.17) is 0 Å². The molecule has 0 unspecified atom stereocenters. The standard InChI is InChI=1S/C28H34N4O/c1-28(2,33)25-8-6-7-23(17-25)26-19-30-32-20-24(18-29-27(26)32)22-11-9-21(10-12-22)13-16-31-14-4-3-5-15-31/h6-12,17,19-20,29,33H,3-5,13-16,18H2,1-2H3. The predicted octanol–water partition coefficient (Wildman–Crippen LogP) is 5.23. The normalized spacial score (nSPS) is 16.8. The molecule has 5 rings (SSSR count). The fraction of sp³-hybridized carbons (Fsp3) is 0.393. The maximum absolute atomic E-state index is 10.4. The number of nitrogens with one attached hydrogen (secondary N) is 1. The van der Waals surface area contributed by atoms with Gasteiger partial charge in [-0.3, -0.25) is 0 Å². The van der Waals surface area contributed by atoms with Crippen LogP contribution >= 0.6 is 0 Å². The van der Waals surface area contributed by atoms with Crippen molar-refractivity contribution in [1.29, 1.82) is 0 Å². The molecule has 0 spiro atoms. The first kappa shape index (κ1) is 21.9. The molecule has 1 aromatic heterocycles. The van der Waals surface area contributed by atoms with Crippen LogP contribution < -0.4 is 5.32 Å². The van der Waals surface area contributed by atoms with E-state index in [1.807, 2.05) is 42.9 Å². The van der Waals surface area contributed by atoms with Crippen LogP contribution in [0.3, 0.4) is 0 Å². The average molecular weight is 443 g/mol. The predicted molar refractivity (Wildman–Crippen MR) is 136 cm³/mol. The van der Waals surface area contributed by atoms with Gasteiger partial charge in [-0.25, -0.2) is 4.68 Å². The number of likely N-dealkylation sites (tertiary alicyclic amines) is 1. The lowest BCUT2D eigenvalue weighted by molar-refractivity contribution is 0.0786. The highest BCUT2D eigenvalue weighted by molar-refractivity contribution is 5.86. The van der Waals surface area contributed by atoms with Crippen LogP contribution in [0.5, 0.6) is 0 Å². The minimum Gasteiger partial charge on any atom is -0.386 e. The van der Waals surface area contributed by atoms with Crippen LogP contribution in [0.15, 0.2) is 54.7 Å². The summed E-state index contributed by atoms with van der Waals surface area (Å²) in [6, 6.07) is 17.1. The largest absolute Gasteiger partial charge is 0.386 e.